The minimum atomic E-state index is -1.06. The Bertz CT molecular complexity index is 823. The highest BCUT2D eigenvalue weighted by atomic mass is 35.5. The smallest absolute Gasteiger partial charge is 0.258 e. The number of rotatable bonds is 6. The fourth-order valence-corrected chi connectivity index (χ4v) is 2.78. The third-order valence-electron chi connectivity index (χ3n) is 3.74. The van der Waals surface area contributed by atoms with Crippen molar-refractivity contribution >= 4 is 28.3 Å². The maximum Gasteiger partial charge on any atom is 0.258 e. The van der Waals surface area contributed by atoms with Crippen LogP contribution in [0.5, 0.6) is 0 Å². The zero-order valence-electron chi connectivity index (χ0n) is 13.1. The molecule has 0 aliphatic carbocycles. The average molecular weight is 332 g/mol. The van der Waals surface area contributed by atoms with E-state index in [1.807, 2.05) is 13.0 Å². The van der Waals surface area contributed by atoms with Gasteiger partial charge in [-0.2, -0.15) is 5.26 Å². The molecule has 1 N–H and O–H groups in total. The first-order valence-corrected chi connectivity index (χ1v) is 7.95. The van der Waals surface area contributed by atoms with E-state index in [1.54, 1.807) is 18.2 Å². The number of aromatic amines is 1. The molecule has 2 atom stereocenters. The third kappa shape index (κ3) is 3.96. The van der Waals surface area contributed by atoms with E-state index in [9.17, 15) is 14.9 Å². The van der Waals surface area contributed by atoms with E-state index in [0.717, 1.165) is 12.8 Å². The molecule has 0 bridgehead atoms. The van der Waals surface area contributed by atoms with Gasteiger partial charge in [-0.15, -0.1) is 0 Å². The van der Waals surface area contributed by atoms with Crippen LogP contribution < -0.4 is 5.56 Å². The summed E-state index contributed by atoms with van der Waals surface area (Å²) in [7, 11) is 0. The first kappa shape index (κ1) is 17.2. The van der Waals surface area contributed by atoms with Gasteiger partial charge in [0.2, 0.25) is 0 Å². The van der Waals surface area contributed by atoms with Crippen molar-refractivity contribution in [1.29, 1.82) is 5.26 Å². The minimum absolute atomic E-state index is 0.0842. The molecule has 6 heteroatoms. The molecular weight excluding hydrogens is 314 g/mol. The third-order valence-corrected chi connectivity index (χ3v) is 3.98. The highest BCUT2D eigenvalue weighted by molar-refractivity contribution is 6.31. The Balaban J connectivity index is 2.38. The monoisotopic (exact) mass is 331 g/mol. The number of hydrogen-bond donors (Lipinski definition) is 1. The van der Waals surface area contributed by atoms with Crippen LogP contribution >= 0.6 is 11.6 Å². The number of aromatic nitrogens is 2. The molecule has 2 rings (SSSR count). The maximum atomic E-state index is 12.4. The number of nitrogens with one attached hydrogen (secondary N) is 1. The van der Waals surface area contributed by atoms with Gasteiger partial charge >= 0.3 is 0 Å². The Morgan fingerprint density at radius 1 is 1.48 bits per heavy atom. The van der Waals surface area contributed by atoms with Crippen molar-refractivity contribution in [3.05, 3.63) is 39.4 Å². The number of ketones is 1. The van der Waals surface area contributed by atoms with Crippen LogP contribution in [0.2, 0.25) is 5.02 Å². The Hall–Kier alpha value is -2.19. The van der Waals surface area contributed by atoms with Crippen molar-refractivity contribution in [1.82, 2.24) is 9.97 Å². The first-order valence-electron chi connectivity index (χ1n) is 7.58. The molecule has 5 nitrogen and oxygen atoms in total. The van der Waals surface area contributed by atoms with Gasteiger partial charge in [0.15, 0.2) is 11.7 Å². The summed E-state index contributed by atoms with van der Waals surface area (Å²) in [6.07, 6.45) is 2.19. The van der Waals surface area contributed by atoms with Crippen LogP contribution in [-0.2, 0) is 4.79 Å². The molecule has 0 amide bonds. The van der Waals surface area contributed by atoms with E-state index in [4.69, 9.17) is 11.6 Å². The van der Waals surface area contributed by atoms with Crippen LogP contribution in [0.3, 0.4) is 0 Å². The molecule has 1 aromatic carbocycles. The van der Waals surface area contributed by atoms with E-state index in [-0.39, 0.29) is 23.1 Å². The molecular formula is C17H18ClN3O2. The summed E-state index contributed by atoms with van der Waals surface area (Å²) in [6.45, 7) is 4.03. The van der Waals surface area contributed by atoms with Gasteiger partial charge < -0.3 is 4.98 Å². The van der Waals surface area contributed by atoms with Gasteiger partial charge in [0.25, 0.3) is 5.56 Å². The molecule has 0 saturated heterocycles. The molecule has 2 aromatic rings. The SMILES string of the molecule is CCC[C@@H](C)CC(=O)[C@H](C#N)c1nc2cc(Cl)ccc2c(=O)[nH]1. The van der Waals surface area contributed by atoms with E-state index in [0.29, 0.717) is 22.3 Å². The van der Waals surface area contributed by atoms with E-state index in [2.05, 4.69) is 16.9 Å². The number of hydrogen-bond acceptors (Lipinski definition) is 4. The number of nitrogens with zero attached hydrogens (tertiary/aromatic N) is 2. The van der Waals surface area contributed by atoms with Crippen LogP contribution in [0.15, 0.2) is 23.0 Å². The van der Waals surface area contributed by atoms with Crippen molar-refractivity contribution in [2.24, 2.45) is 5.92 Å². The largest absolute Gasteiger partial charge is 0.308 e. The molecule has 1 aromatic heterocycles. The fourth-order valence-electron chi connectivity index (χ4n) is 2.61. The molecule has 120 valence electrons. The van der Waals surface area contributed by atoms with Crippen LogP contribution in [0.1, 0.15) is 44.9 Å². The number of benzene rings is 1. The normalized spacial score (nSPS) is 13.5. The van der Waals surface area contributed by atoms with Crippen LogP contribution in [0.4, 0.5) is 0 Å². The summed E-state index contributed by atoms with van der Waals surface area (Å²) in [5.41, 5.74) is 0.00206. The summed E-state index contributed by atoms with van der Waals surface area (Å²) in [4.78, 5) is 31.3. The van der Waals surface area contributed by atoms with Crippen molar-refractivity contribution < 1.29 is 4.79 Å². The topological polar surface area (TPSA) is 86.6 Å². The first-order chi connectivity index (χ1) is 11.0. The van der Waals surface area contributed by atoms with Crippen molar-refractivity contribution in [3.63, 3.8) is 0 Å². The zero-order valence-corrected chi connectivity index (χ0v) is 13.9. The lowest BCUT2D eigenvalue weighted by Crippen LogP contribution is -2.21. The number of carbonyl (C=O) groups is 1. The number of H-pyrrole nitrogens is 1. The van der Waals surface area contributed by atoms with Crippen LogP contribution in [-0.4, -0.2) is 15.8 Å². The van der Waals surface area contributed by atoms with Gasteiger partial charge in [-0.05, 0) is 24.1 Å². The average Bonchev–Trinajstić information content (AvgIpc) is 2.47. The predicted octanol–water partition coefficient (Wildman–Crippen LogP) is 3.58. The number of Topliss-reactive ketones (excluding diaryl/α,β-unsaturated/α-hetero) is 1. The summed E-state index contributed by atoms with van der Waals surface area (Å²) >= 11 is 5.92. The number of nitriles is 1. The lowest BCUT2D eigenvalue weighted by molar-refractivity contribution is -0.120. The molecule has 0 spiro atoms. The minimum Gasteiger partial charge on any atom is -0.308 e. The summed E-state index contributed by atoms with van der Waals surface area (Å²) in [5.74, 6) is -1.01. The van der Waals surface area contributed by atoms with Gasteiger partial charge in [-0.1, -0.05) is 38.3 Å². The molecule has 1 heterocycles. The second-order valence-electron chi connectivity index (χ2n) is 5.74. The summed E-state index contributed by atoms with van der Waals surface area (Å²) in [6, 6.07) is 6.67. The lowest BCUT2D eigenvalue weighted by atomic mass is 9.93. The summed E-state index contributed by atoms with van der Waals surface area (Å²) in [5, 5.41) is 10.2. The zero-order chi connectivity index (χ0) is 17.0. The molecule has 0 fully saturated rings. The summed E-state index contributed by atoms with van der Waals surface area (Å²) < 4.78 is 0. The lowest BCUT2D eigenvalue weighted by Gasteiger charge is -2.12. The van der Waals surface area contributed by atoms with Crippen molar-refractivity contribution in [2.75, 3.05) is 0 Å². The van der Waals surface area contributed by atoms with Crippen LogP contribution in [0, 0.1) is 17.2 Å². The van der Waals surface area contributed by atoms with E-state index >= 15 is 0 Å². The fraction of sp³-hybridized carbons (Fsp3) is 0.412. The van der Waals surface area contributed by atoms with E-state index < -0.39 is 5.92 Å². The molecule has 0 unspecified atom stereocenters. The van der Waals surface area contributed by atoms with Gasteiger partial charge in [-0.3, -0.25) is 9.59 Å². The second-order valence-corrected chi connectivity index (χ2v) is 6.18. The molecule has 0 radical (unpaired) electrons. The highest BCUT2D eigenvalue weighted by Gasteiger charge is 2.24. The van der Waals surface area contributed by atoms with Gasteiger partial charge in [0.1, 0.15) is 5.82 Å². The number of carbonyl (C=O) groups excluding carboxylic acids is 1. The Morgan fingerprint density at radius 2 is 2.22 bits per heavy atom. The predicted molar refractivity (Wildman–Crippen MR) is 89.4 cm³/mol. The molecule has 23 heavy (non-hydrogen) atoms. The molecule has 0 saturated carbocycles. The quantitative estimate of drug-likeness (QED) is 0.876. The maximum absolute atomic E-state index is 12.4. The van der Waals surface area contributed by atoms with Gasteiger partial charge in [0, 0.05) is 11.4 Å². The van der Waals surface area contributed by atoms with Crippen molar-refractivity contribution in [3.8, 4) is 6.07 Å². The highest BCUT2D eigenvalue weighted by Crippen LogP contribution is 2.21. The second kappa shape index (κ2) is 7.38. The Kier molecular flexibility index (Phi) is 5.51. The molecule has 0 aliphatic heterocycles. The standard InChI is InChI=1S/C17H18ClN3O2/c1-3-4-10(2)7-15(22)13(9-19)16-20-14-8-11(18)5-6-12(14)17(23)21-16/h5-6,8,10,13H,3-4,7H2,1-2H3,(H,20,21,23)/t10-,13+/m1/s1. The van der Waals surface area contributed by atoms with Gasteiger partial charge in [0.05, 0.1) is 17.0 Å². The number of halogens is 1. The number of fused-ring (bicyclic) bond motifs is 1. The van der Waals surface area contributed by atoms with Crippen LogP contribution in [0.25, 0.3) is 10.9 Å². The van der Waals surface area contributed by atoms with E-state index in [1.165, 1.54) is 0 Å². The Morgan fingerprint density at radius 3 is 2.87 bits per heavy atom. The van der Waals surface area contributed by atoms with Crippen molar-refractivity contribution in [2.45, 2.75) is 39.0 Å². The molecule has 0 aliphatic rings. The Labute approximate surface area is 139 Å². The van der Waals surface area contributed by atoms with Gasteiger partial charge in [-0.25, -0.2) is 4.98 Å².